The Kier molecular flexibility index (Phi) is 4.84. The Labute approximate surface area is 255 Å². The van der Waals surface area contributed by atoms with Crippen LogP contribution < -0.4 is 0 Å². The molecule has 4 nitrogen and oxygen atoms in total. The lowest BCUT2D eigenvalue weighted by Crippen LogP contribution is -2.04. The van der Waals surface area contributed by atoms with Crippen molar-refractivity contribution < 1.29 is 0 Å². The van der Waals surface area contributed by atoms with Gasteiger partial charge in [0.2, 0.25) is 0 Å². The first-order valence-electron chi connectivity index (χ1n) is 14.7. The molecule has 0 atom stereocenters. The molecule has 5 heteroatoms. The summed E-state index contributed by atoms with van der Waals surface area (Å²) < 4.78 is 4.91. The van der Waals surface area contributed by atoms with Crippen molar-refractivity contribution in [2.24, 2.45) is 0 Å². The van der Waals surface area contributed by atoms with Crippen LogP contribution in [0.3, 0.4) is 0 Å². The van der Waals surface area contributed by atoms with Crippen LogP contribution in [0.4, 0.5) is 0 Å². The number of benzene rings is 6. The maximum atomic E-state index is 5.35. The number of aromatic nitrogens is 4. The van der Waals surface area contributed by atoms with Gasteiger partial charge in [-0.3, -0.25) is 9.55 Å². The average Bonchev–Trinajstić information content (AvgIpc) is 3.65. The van der Waals surface area contributed by atoms with Gasteiger partial charge < -0.3 is 0 Å². The average molecular weight is 579 g/mol. The molecule has 0 saturated heterocycles. The summed E-state index contributed by atoms with van der Waals surface area (Å²) >= 11 is 1.88. The molecule has 4 heterocycles. The molecule has 0 fully saturated rings. The highest BCUT2D eigenvalue weighted by atomic mass is 32.1. The first kappa shape index (κ1) is 23.9. The summed E-state index contributed by atoms with van der Waals surface area (Å²) in [7, 11) is 0. The molecule has 0 aliphatic heterocycles. The first-order valence-corrected chi connectivity index (χ1v) is 15.5. The van der Waals surface area contributed by atoms with Crippen molar-refractivity contribution in [3.05, 3.63) is 134 Å². The van der Waals surface area contributed by atoms with E-state index < -0.39 is 0 Å². The molecule has 44 heavy (non-hydrogen) atoms. The third-order valence-electron chi connectivity index (χ3n) is 8.81. The van der Waals surface area contributed by atoms with Crippen molar-refractivity contribution >= 4 is 85.9 Å². The second-order valence-corrected chi connectivity index (χ2v) is 12.2. The van der Waals surface area contributed by atoms with Crippen LogP contribution in [0.2, 0.25) is 0 Å². The molecule has 4 aromatic heterocycles. The molecule has 0 amide bonds. The van der Waals surface area contributed by atoms with Gasteiger partial charge in [-0.15, -0.1) is 11.3 Å². The van der Waals surface area contributed by atoms with Crippen LogP contribution in [0.1, 0.15) is 0 Å². The highest BCUT2D eigenvalue weighted by Gasteiger charge is 2.25. The molecule has 0 aliphatic carbocycles. The lowest BCUT2D eigenvalue weighted by molar-refractivity contribution is 1.07. The van der Waals surface area contributed by atoms with E-state index in [0.29, 0.717) is 0 Å². The summed E-state index contributed by atoms with van der Waals surface area (Å²) in [5.74, 6) is 0.785. The summed E-state index contributed by atoms with van der Waals surface area (Å²) in [6, 6.07) is 44.9. The zero-order valence-corrected chi connectivity index (χ0v) is 24.2. The van der Waals surface area contributed by atoms with Crippen LogP contribution in [0.5, 0.6) is 0 Å². The second-order valence-electron chi connectivity index (χ2n) is 11.2. The molecule has 204 valence electrons. The predicted octanol–water partition coefficient (Wildman–Crippen LogP) is 10.5. The van der Waals surface area contributed by atoms with Crippen LogP contribution in [0.15, 0.2) is 134 Å². The lowest BCUT2D eigenvalue weighted by Gasteiger charge is -2.14. The van der Waals surface area contributed by atoms with E-state index in [1.54, 1.807) is 0 Å². The number of thiophene rings is 1. The van der Waals surface area contributed by atoms with E-state index in [2.05, 4.69) is 89.5 Å². The second kappa shape index (κ2) is 8.93. The summed E-state index contributed by atoms with van der Waals surface area (Å²) in [5, 5.41) is 10.1. The van der Waals surface area contributed by atoms with Gasteiger partial charge in [0.1, 0.15) is 5.69 Å². The van der Waals surface area contributed by atoms with Gasteiger partial charge in [0.05, 0.1) is 32.5 Å². The van der Waals surface area contributed by atoms with Crippen LogP contribution in [0.25, 0.3) is 91.8 Å². The van der Waals surface area contributed by atoms with Crippen LogP contribution in [0, 0.1) is 0 Å². The van der Waals surface area contributed by atoms with Crippen LogP contribution >= 0.6 is 11.3 Å². The van der Waals surface area contributed by atoms with Crippen molar-refractivity contribution in [3.8, 4) is 17.2 Å². The fourth-order valence-electron chi connectivity index (χ4n) is 6.95. The Morgan fingerprint density at radius 2 is 1.18 bits per heavy atom. The molecule has 0 saturated carbocycles. The molecular formula is C39H22N4S. The van der Waals surface area contributed by atoms with Gasteiger partial charge in [-0.25, -0.2) is 9.97 Å². The molecule has 10 rings (SSSR count). The van der Waals surface area contributed by atoms with Crippen molar-refractivity contribution in [1.82, 2.24) is 19.5 Å². The lowest BCUT2D eigenvalue weighted by atomic mass is 9.98. The summed E-state index contributed by atoms with van der Waals surface area (Å²) in [6.07, 6.45) is 1.82. The van der Waals surface area contributed by atoms with Crippen molar-refractivity contribution in [2.75, 3.05) is 0 Å². The molecule has 10 aromatic rings. The molecular weight excluding hydrogens is 557 g/mol. The summed E-state index contributed by atoms with van der Waals surface area (Å²) in [5.41, 5.74) is 5.52. The van der Waals surface area contributed by atoms with Crippen molar-refractivity contribution in [1.29, 1.82) is 0 Å². The molecule has 0 unspecified atom stereocenters. The fraction of sp³-hybridized carbons (Fsp3) is 0. The molecule has 6 aromatic carbocycles. The highest BCUT2D eigenvalue weighted by molar-refractivity contribution is 7.27. The summed E-state index contributed by atoms with van der Waals surface area (Å²) in [6.45, 7) is 0. The Balaban J connectivity index is 1.50. The van der Waals surface area contributed by atoms with E-state index in [4.69, 9.17) is 15.0 Å². The van der Waals surface area contributed by atoms with Gasteiger partial charge in [-0.2, -0.15) is 0 Å². The largest absolute Gasteiger partial charge is 0.290 e. The number of hydrogen-bond donors (Lipinski definition) is 0. The molecule has 0 bridgehead atoms. The molecule has 0 aliphatic rings. The molecule has 0 N–H and O–H groups in total. The first-order chi connectivity index (χ1) is 21.8. The fourth-order valence-corrected chi connectivity index (χ4v) is 8.34. The maximum Gasteiger partial charge on any atom is 0.166 e. The van der Waals surface area contributed by atoms with Gasteiger partial charge in [0, 0.05) is 32.4 Å². The number of pyridine rings is 1. The van der Waals surface area contributed by atoms with E-state index in [0.717, 1.165) is 39.3 Å². The van der Waals surface area contributed by atoms with Gasteiger partial charge in [-0.1, -0.05) is 97.1 Å². The van der Waals surface area contributed by atoms with Gasteiger partial charge in [0.15, 0.2) is 5.82 Å². The minimum absolute atomic E-state index is 0.764. The van der Waals surface area contributed by atoms with E-state index in [-0.39, 0.29) is 0 Å². The monoisotopic (exact) mass is 578 g/mol. The maximum absolute atomic E-state index is 5.35. The Bertz CT molecular complexity index is 2780. The molecule has 0 spiro atoms. The Morgan fingerprint density at radius 3 is 2.00 bits per heavy atom. The van der Waals surface area contributed by atoms with E-state index in [1.165, 1.54) is 52.5 Å². The predicted molar refractivity (Wildman–Crippen MR) is 185 cm³/mol. The third-order valence-corrected chi connectivity index (χ3v) is 10.1. The normalized spacial score (nSPS) is 12.1. The SMILES string of the molecule is c1ccc(-c2nc3ccccc3nc2-n2c3ccccc3c3c4ccccc4c4c5ccc6ccccc6c5sc4c32)nc1. The van der Waals surface area contributed by atoms with Crippen LogP contribution in [-0.2, 0) is 0 Å². The minimum Gasteiger partial charge on any atom is -0.290 e. The van der Waals surface area contributed by atoms with E-state index in [9.17, 15) is 0 Å². The van der Waals surface area contributed by atoms with Gasteiger partial charge >= 0.3 is 0 Å². The van der Waals surface area contributed by atoms with Gasteiger partial charge in [0.25, 0.3) is 0 Å². The molecule has 0 radical (unpaired) electrons. The van der Waals surface area contributed by atoms with Crippen molar-refractivity contribution in [2.45, 2.75) is 0 Å². The summed E-state index contributed by atoms with van der Waals surface area (Å²) in [4.78, 5) is 15.3. The topological polar surface area (TPSA) is 43.6 Å². The van der Waals surface area contributed by atoms with Crippen LogP contribution in [-0.4, -0.2) is 19.5 Å². The van der Waals surface area contributed by atoms with E-state index >= 15 is 0 Å². The number of hydrogen-bond acceptors (Lipinski definition) is 4. The number of nitrogens with zero attached hydrogens (tertiary/aromatic N) is 4. The Morgan fingerprint density at radius 1 is 0.500 bits per heavy atom. The number of rotatable bonds is 2. The van der Waals surface area contributed by atoms with Crippen molar-refractivity contribution in [3.63, 3.8) is 0 Å². The standard InChI is InChI=1S/C39H22N4S/c1-2-12-24-23(11-1)20-21-28-34-26-14-4-3-13-25(26)33-27-15-5-8-19-32(27)43(36(33)38(34)44-37(24)28)39-35(31-18-9-10-22-40-31)41-29-16-6-7-17-30(29)42-39/h1-22H. The zero-order valence-electron chi connectivity index (χ0n) is 23.4. The Hall–Kier alpha value is -5.65. The number of para-hydroxylation sites is 3. The quantitative estimate of drug-likeness (QED) is 0.205. The zero-order chi connectivity index (χ0) is 28.8. The minimum atomic E-state index is 0.764. The number of fused-ring (bicyclic) bond motifs is 13. The van der Waals surface area contributed by atoms with Gasteiger partial charge in [-0.05, 0) is 51.9 Å². The smallest absolute Gasteiger partial charge is 0.166 e. The van der Waals surface area contributed by atoms with E-state index in [1.807, 2.05) is 60.0 Å². The third kappa shape index (κ3) is 3.19. The highest BCUT2D eigenvalue weighted by Crippen LogP contribution is 2.49.